The standard InChI is InChI=1S/C31H32N2O3/c34-29-26(17-9-10-18-28(29)33-21-24-15-7-8-16-25(24)31(33)36)27(19-22-11-3-1-4-12-22)30(35)32-20-23-13-5-2-6-14-23/h1-8,11-16,26-28H,9-10,17-21H2,(H,32,35)/t26?,27-,28?/m1/s1. The van der Waals surface area contributed by atoms with E-state index in [2.05, 4.69) is 5.32 Å². The Hall–Kier alpha value is -3.73. The third-order valence-electron chi connectivity index (χ3n) is 7.59. The molecule has 5 heteroatoms. The van der Waals surface area contributed by atoms with Crippen molar-refractivity contribution in [2.45, 2.75) is 51.2 Å². The maximum absolute atomic E-state index is 14.1. The average Bonchev–Trinajstić information content (AvgIpc) is 3.13. The first-order valence-corrected chi connectivity index (χ1v) is 12.9. The normalized spacial score (nSPS) is 20.5. The molecule has 0 saturated heterocycles. The molecule has 0 aromatic heterocycles. The van der Waals surface area contributed by atoms with Gasteiger partial charge in [-0.05, 0) is 42.0 Å². The van der Waals surface area contributed by atoms with Gasteiger partial charge in [-0.3, -0.25) is 14.4 Å². The van der Waals surface area contributed by atoms with Crippen molar-refractivity contribution in [2.75, 3.05) is 0 Å². The van der Waals surface area contributed by atoms with Crippen molar-refractivity contribution >= 4 is 17.6 Å². The Morgan fingerprint density at radius 1 is 0.833 bits per heavy atom. The van der Waals surface area contributed by atoms with Crippen LogP contribution in [0.25, 0.3) is 0 Å². The van der Waals surface area contributed by atoms with Crippen LogP contribution >= 0.6 is 0 Å². The van der Waals surface area contributed by atoms with Crippen LogP contribution in [-0.2, 0) is 29.1 Å². The summed E-state index contributed by atoms with van der Waals surface area (Å²) < 4.78 is 0. The number of ketones is 1. The molecule has 1 fully saturated rings. The summed E-state index contributed by atoms with van der Waals surface area (Å²) in [5, 5.41) is 3.09. The van der Waals surface area contributed by atoms with Crippen molar-refractivity contribution in [1.29, 1.82) is 0 Å². The van der Waals surface area contributed by atoms with Crippen LogP contribution in [0, 0.1) is 11.8 Å². The van der Waals surface area contributed by atoms with Gasteiger partial charge < -0.3 is 10.2 Å². The fourth-order valence-corrected chi connectivity index (χ4v) is 5.67. The molecule has 1 aliphatic heterocycles. The first-order valence-electron chi connectivity index (χ1n) is 12.9. The summed E-state index contributed by atoms with van der Waals surface area (Å²) in [6.07, 6.45) is 3.56. The predicted octanol–water partition coefficient (Wildman–Crippen LogP) is 4.95. The SMILES string of the molecule is O=C1C([C@@H](Cc2ccccc2)C(=O)NCc2ccccc2)CCCCC1N1Cc2ccccc2C1=O. The molecule has 5 rings (SSSR count). The van der Waals surface area contributed by atoms with E-state index in [9.17, 15) is 14.4 Å². The van der Waals surface area contributed by atoms with Crippen molar-refractivity contribution in [2.24, 2.45) is 11.8 Å². The van der Waals surface area contributed by atoms with Crippen molar-refractivity contribution in [3.8, 4) is 0 Å². The third kappa shape index (κ3) is 5.11. The second-order valence-electron chi connectivity index (χ2n) is 9.90. The fourth-order valence-electron chi connectivity index (χ4n) is 5.67. The Bertz CT molecular complexity index is 1220. The van der Waals surface area contributed by atoms with Crippen LogP contribution in [0.3, 0.4) is 0 Å². The van der Waals surface area contributed by atoms with Crippen LogP contribution in [0.2, 0.25) is 0 Å². The molecule has 3 atom stereocenters. The van der Waals surface area contributed by atoms with E-state index < -0.39 is 17.9 Å². The van der Waals surface area contributed by atoms with E-state index in [1.165, 1.54) is 0 Å². The van der Waals surface area contributed by atoms with Gasteiger partial charge in [0.2, 0.25) is 5.91 Å². The van der Waals surface area contributed by atoms with Crippen LogP contribution in [0.1, 0.15) is 52.7 Å². The molecule has 184 valence electrons. The molecule has 0 radical (unpaired) electrons. The van der Waals surface area contributed by atoms with Gasteiger partial charge in [0, 0.05) is 24.6 Å². The summed E-state index contributed by atoms with van der Waals surface area (Å²) >= 11 is 0. The van der Waals surface area contributed by atoms with Gasteiger partial charge in [0.1, 0.15) is 0 Å². The number of fused-ring (bicyclic) bond motifs is 1. The number of benzene rings is 3. The molecule has 2 aliphatic rings. The zero-order valence-electron chi connectivity index (χ0n) is 20.4. The molecule has 1 N–H and O–H groups in total. The summed E-state index contributed by atoms with van der Waals surface area (Å²) in [4.78, 5) is 42.6. The van der Waals surface area contributed by atoms with Gasteiger partial charge in [-0.15, -0.1) is 0 Å². The quantitative estimate of drug-likeness (QED) is 0.487. The lowest BCUT2D eigenvalue weighted by Gasteiger charge is -2.31. The molecule has 0 bridgehead atoms. The average molecular weight is 481 g/mol. The number of nitrogens with zero attached hydrogens (tertiary/aromatic N) is 1. The lowest BCUT2D eigenvalue weighted by atomic mass is 9.79. The van der Waals surface area contributed by atoms with Crippen molar-refractivity contribution < 1.29 is 14.4 Å². The highest BCUT2D eigenvalue weighted by Crippen LogP contribution is 2.34. The molecule has 3 aromatic rings. The first-order chi connectivity index (χ1) is 17.6. The van der Waals surface area contributed by atoms with Crippen molar-refractivity contribution in [3.63, 3.8) is 0 Å². The number of nitrogens with one attached hydrogen (secondary N) is 1. The van der Waals surface area contributed by atoms with E-state index in [0.717, 1.165) is 29.5 Å². The summed E-state index contributed by atoms with van der Waals surface area (Å²) in [6.45, 7) is 0.886. The Kier molecular flexibility index (Phi) is 7.26. The Balaban J connectivity index is 1.39. The van der Waals surface area contributed by atoms with Crippen molar-refractivity contribution in [3.05, 3.63) is 107 Å². The minimum atomic E-state index is -0.488. The van der Waals surface area contributed by atoms with E-state index in [0.29, 0.717) is 37.9 Å². The number of hydrogen-bond acceptors (Lipinski definition) is 3. The van der Waals surface area contributed by atoms with E-state index in [-0.39, 0.29) is 17.6 Å². The lowest BCUT2D eigenvalue weighted by molar-refractivity contribution is -0.136. The predicted molar refractivity (Wildman–Crippen MR) is 139 cm³/mol. The van der Waals surface area contributed by atoms with Gasteiger partial charge in [-0.1, -0.05) is 91.7 Å². The van der Waals surface area contributed by atoms with Gasteiger partial charge in [-0.2, -0.15) is 0 Å². The van der Waals surface area contributed by atoms with Crippen LogP contribution in [-0.4, -0.2) is 28.5 Å². The molecular formula is C31H32N2O3. The Labute approximate surface area is 212 Å². The van der Waals surface area contributed by atoms with E-state index in [4.69, 9.17) is 0 Å². The van der Waals surface area contributed by atoms with Gasteiger partial charge in [0.15, 0.2) is 5.78 Å². The van der Waals surface area contributed by atoms with E-state index in [1.54, 1.807) is 4.90 Å². The summed E-state index contributed by atoms with van der Waals surface area (Å²) in [5.74, 6) is -1.05. The minimum absolute atomic E-state index is 0.0319. The van der Waals surface area contributed by atoms with Gasteiger partial charge >= 0.3 is 0 Å². The summed E-state index contributed by atoms with van der Waals surface area (Å²) in [7, 11) is 0. The van der Waals surface area contributed by atoms with E-state index in [1.807, 2.05) is 84.9 Å². The largest absolute Gasteiger partial charge is 0.352 e. The highest BCUT2D eigenvalue weighted by atomic mass is 16.2. The Morgan fingerprint density at radius 3 is 2.19 bits per heavy atom. The molecule has 1 saturated carbocycles. The maximum Gasteiger partial charge on any atom is 0.255 e. The number of carbonyl (C=O) groups excluding carboxylic acids is 3. The molecule has 0 spiro atoms. The van der Waals surface area contributed by atoms with Crippen LogP contribution < -0.4 is 5.32 Å². The maximum atomic E-state index is 14.1. The van der Waals surface area contributed by atoms with E-state index >= 15 is 0 Å². The van der Waals surface area contributed by atoms with Crippen molar-refractivity contribution in [1.82, 2.24) is 10.2 Å². The molecular weight excluding hydrogens is 448 g/mol. The molecule has 5 nitrogen and oxygen atoms in total. The second kappa shape index (κ2) is 10.9. The molecule has 2 unspecified atom stereocenters. The molecule has 36 heavy (non-hydrogen) atoms. The molecule has 2 amide bonds. The lowest BCUT2D eigenvalue weighted by Crippen LogP contribution is -2.47. The van der Waals surface area contributed by atoms with Crippen LogP contribution in [0.4, 0.5) is 0 Å². The number of amides is 2. The number of rotatable bonds is 7. The third-order valence-corrected chi connectivity index (χ3v) is 7.59. The zero-order valence-corrected chi connectivity index (χ0v) is 20.4. The van der Waals surface area contributed by atoms with Gasteiger partial charge in [0.05, 0.1) is 12.0 Å². The molecule has 1 heterocycles. The highest BCUT2D eigenvalue weighted by molar-refractivity contribution is 6.02. The van der Waals surface area contributed by atoms with Crippen LogP contribution in [0.5, 0.6) is 0 Å². The number of hydrogen-bond donors (Lipinski definition) is 1. The number of Topliss-reactive ketones (excluding diaryl/α,β-unsaturated/α-hetero) is 1. The number of carbonyl (C=O) groups is 3. The Morgan fingerprint density at radius 2 is 1.47 bits per heavy atom. The first kappa shape index (κ1) is 24.0. The van der Waals surface area contributed by atoms with Gasteiger partial charge in [-0.25, -0.2) is 0 Å². The summed E-state index contributed by atoms with van der Waals surface area (Å²) in [5.41, 5.74) is 3.72. The topological polar surface area (TPSA) is 66.5 Å². The zero-order chi connectivity index (χ0) is 24.9. The van der Waals surface area contributed by atoms with Crippen LogP contribution in [0.15, 0.2) is 84.9 Å². The second-order valence-corrected chi connectivity index (χ2v) is 9.90. The molecule has 1 aliphatic carbocycles. The minimum Gasteiger partial charge on any atom is -0.352 e. The van der Waals surface area contributed by atoms with Gasteiger partial charge in [0.25, 0.3) is 5.91 Å². The highest BCUT2D eigenvalue weighted by Gasteiger charge is 2.43. The monoisotopic (exact) mass is 480 g/mol. The summed E-state index contributed by atoms with van der Waals surface area (Å²) in [6, 6.07) is 26.8. The molecule has 3 aromatic carbocycles. The fraction of sp³-hybridized carbons (Fsp3) is 0.323. The smallest absolute Gasteiger partial charge is 0.255 e.